The molecule has 2 rings (SSSR count). The van der Waals surface area contributed by atoms with Gasteiger partial charge in [-0.3, -0.25) is 14.9 Å². The summed E-state index contributed by atoms with van der Waals surface area (Å²) in [5.41, 5.74) is -0.0336. The van der Waals surface area contributed by atoms with Gasteiger partial charge < -0.3 is 14.8 Å². The molecule has 0 spiro atoms. The van der Waals surface area contributed by atoms with Gasteiger partial charge in [-0.05, 0) is 44.2 Å². The molecule has 0 saturated carbocycles. The molecule has 2 aromatic carbocycles. The minimum absolute atomic E-state index is 0.134. The minimum atomic E-state index is -0.817. The van der Waals surface area contributed by atoms with E-state index in [0.29, 0.717) is 18.1 Å². The normalized spacial score (nSPS) is 11.4. The number of benzene rings is 2. The highest BCUT2D eigenvalue weighted by atomic mass is 16.6. The van der Waals surface area contributed by atoms with Crippen molar-refractivity contribution < 1.29 is 19.2 Å². The van der Waals surface area contributed by atoms with Crippen LogP contribution in [0.2, 0.25) is 0 Å². The number of para-hydroxylation sites is 2. The summed E-state index contributed by atoms with van der Waals surface area (Å²) in [7, 11) is 0. The van der Waals surface area contributed by atoms with Crippen LogP contribution in [0.4, 0.5) is 11.4 Å². The molecular formula is C17H18N2O5. The number of nitrogens with one attached hydrogen (secondary N) is 1. The van der Waals surface area contributed by atoms with Crippen molar-refractivity contribution in [2.24, 2.45) is 0 Å². The Hall–Kier alpha value is -3.09. The average Bonchev–Trinajstić information content (AvgIpc) is 2.57. The molecule has 0 heterocycles. The number of carbonyl (C=O) groups is 1. The number of carbonyl (C=O) groups excluding carboxylic acids is 1. The van der Waals surface area contributed by atoms with Crippen LogP contribution in [0, 0.1) is 10.1 Å². The number of amides is 1. The van der Waals surface area contributed by atoms with Gasteiger partial charge in [0.05, 0.1) is 11.5 Å². The summed E-state index contributed by atoms with van der Waals surface area (Å²) in [6.45, 7) is 4.02. The van der Waals surface area contributed by atoms with Gasteiger partial charge in [0.2, 0.25) is 0 Å². The van der Waals surface area contributed by atoms with Crippen LogP contribution in [-0.2, 0) is 4.79 Å². The van der Waals surface area contributed by atoms with Gasteiger partial charge in [0.1, 0.15) is 17.2 Å². The number of ether oxygens (including phenoxy) is 2. The molecule has 1 N–H and O–H groups in total. The predicted octanol–water partition coefficient (Wildman–Crippen LogP) is 3.40. The van der Waals surface area contributed by atoms with E-state index in [1.165, 1.54) is 18.2 Å². The molecule has 0 radical (unpaired) electrons. The first-order chi connectivity index (χ1) is 11.5. The molecule has 0 saturated heterocycles. The van der Waals surface area contributed by atoms with Crippen LogP contribution in [0.3, 0.4) is 0 Å². The lowest BCUT2D eigenvalue weighted by molar-refractivity contribution is -0.383. The van der Waals surface area contributed by atoms with Gasteiger partial charge in [-0.2, -0.15) is 0 Å². The third-order valence-electron chi connectivity index (χ3n) is 3.18. The fourth-order valence-corrected chi connectivity index (χ4v) is 2.01. The Morgan fingerprint density at radius 3 is 2.42 bits per heavy atom. The summed E-state index contributed by atoms with van der Waals surface area (Å²) in [5.74, 6) is 0.740. The summed E-state index contributed by atoms with van der Waals surface area (Å²) in [5, 5.41) is 13.5. The number of rotatable bonds is 7. The van der Waals surface area contributed by atoms with Crippen molar-refractivity contribution in [1.82, 2.24) is 0 Å². The molecule has 1 amide bonds. The summed E-state index contributed by atoms with van der Waals surface area (Å²) >= 11 is 0. The molecule has 0 aliphatic carbocycles. The molecule has 0 fully saturated rings. The Morgan fingerprint density at radius 1 is 1.17 bits per heavy atom. The van der Waals surface area contributed by atoms with Crippen LogP contribution in [0.5, 0.6) is 11.5 Å². The Labute approximate surface area is 139 Å². The fraction of sp³-hybridized carbons (Fsp3) is 0.235. The van der Waals surface area contributed by atoms with Gasteiger partial charge in [-0.15, -0.1) is 0 Å². The van der Waals surface area contributed by atoms with Gasteiger partial charge in [0.15, 0.2) is 6.10 Å². The van der Waals surface area contributed by atoms with Gasteiger partial charge in [-0.1, -0.05) is 12.1 Å². The van der Waals surface area contributed by atoms with Gasteiger partial charge in [0, 0.05) is 6.07 Å². The first kappa shape index (κ1) is 17.3. The largest absolute Gasteiger partial charge is 0.494 e. The van der Waals surface area contributed by atoms with Crippen molar-refractivity contribution in [2.45, 2.75) is 20.0 Å². The second-order valence-electron chi connectivity index (χ2n) is 4.93. The number of nitro benzene ring substituents is 1. The maximum absolute atomic E-state index is 12.2. The predicted molar refractivity (Wildman–Crippen MR) is 89.4 cm³/mol. The molecule has 0 bridgehead atoms. The van der Waals surface area contributed by atoms with Crippen LogP contribution < -0.4 is 14.8 Å². The number of nitrogens with zero attached hydrogens (tertiary/aromatic N) is 1. The Balaban J connectivity index is 2.01. The summed E-state index contributed by atoms with van der Waals surface area (Å²) in [4.78, 5) is 22.6. The molecule has 1 unspecified atom stereocenters. The SMILES string of the molecule is CCOc1ccc(OC(C)C(=O)Nc2ccccc2[N+](=O)[O-])cc1. The lowest BCUT2D eigenvalue weighted by Crippen LogP contribution is -2.30. The highest BCUT2D eigenvalue weighted by Crippen LogP contribution is 2.24. The van der Waals surface area contributed by atoms with E-state index in [-0.39, 0.29) is 11.4 Å². The highest BCUT2D eigenvalue weighted by Gasteiger charge is 2.19. The monoisotopic (exact) mass is 330 g/mol. The molecule has 1 atom stereocenters. The first-order valence-electron chi connectivity index (χ1n) is 7.45. The van der Waals surface area contributed by atoms with E-state index < -0.39 is 16.9 Å². The van der Waals surface area contributed by atoms with Crippen LogP contribution in [-0.4, -0.2) is 23.5 Å². The second kappa shape index (κ2) is 7.96. The summed E-state index contributed by atoms with van der Waals surface area (Å²) in [6.07, 6.45) is -0.817. The topological polar surface area (TPSA) is 90.7 Å². The molecule has 0 aliphatic heterocycles. The van der Waals surface area contributed by atoms with E-state index in [9.17, 15) is 14.9 Å². The number of hydrogen-bond donors (Lipinski definition) is 1. The third kappa shape index (κ3) is 4.45. The van der Waals surface area contributed by atoms with Gasteiger partial charge in [-0.25, -0.2) is 0 Å². The summed E-state index contributed by atoms with van der Waals surface area (Å²) < 4.78 is 10.9. The molecule has 2 aromatic rings. The smallest absolute Gasteiger partial charge is 0.292 e. The van der Waals surface area contributed by atoms with Crippen LogP contribution in [0.15, 0.2) is 48.5 Å². The minimum Gasteiger partial charge on any atom is -0.494 e. The van der Waals surface area contributed by atoms with E-state index in [2.05, 4.69) is 5.32 Å². The van der Waals surface area contributed by atoms with Crippen LogP contribution >= 0.6 is 0 Å². The quantitative estimate of drug-likeness (QED) is 0.620. The number of anilines is 1. The van der Waals surface area contributed by atoms with Crippen LogP contribution in [0.1, 0.15) is 13.8 Å². The number of nitro groups is 1. The molecule has 24 heavy (non-hydrogen) atoms. The van der Waals surface area contributed by atoms with Crippen molar-refractivity contribution in [2.75, 3.05) is 11.9 Å². The summed E-state index contributed by atoms with van der Waals surface area (Å²) in [6, 6.07) is 12.8. The Kier molecular flexibility index (Phi) is 5.73. The van der Waals surface area contributed by atoms with E-state index in [0.717, 1.165) is 0 Å². The molecular weight excluding hydrogens is 312 g/mol. The second-order valence-corrected chi connectivity index (χ2v) is 4.93. The zero-order valence-electron chi connectivity index (χ0n) is 13.4. The lowest BCUT2D eigenvalue weighted by Gasteiger charge is -2.15. The standard InChI is InChI=1S/C17H18N2O5/c1-3-23-13-8-10-14(11-9-13)24-12(2)17(20)18-15-6-4-5-7-16(15)19(21)22/h4-12H,3H2,1-2H3,(H,18,20). The number of hydrogen-bond acceptors (Lipinski definition) is 5. The zero-order chi connectivity index (χ0) is 17.5. The molecule has 7 nitrogen and oxygen atoms in total. The third-order valence-corrected chi connectivity index (χ3v) is 3.18. The van der Waals surface area contributed by atoms with Crippen molar-refractivity contribution in [1.29, 1.82) is 0 Å². The molecule has 0 aromatic heterocycles. The van der Waals surface area contributed by atoms with E-state index in [4.69, 9.17) is 9.47 Å². The van der Waals surface area contributed by atoms with Crippen molar-refractivity contribution in [3.8, 4) is 11.5 Å². The average molecular weight is 330 g/mol. The first-order valence-corrected chi connectivity index (χ1v) is 7.45. The Morgan fingerprint density at radius 2 is 1.79 bits per heavy atom. The Bertz CT molecular complexity index is 715. The van der Waals surface area contributed by atoms with E-state index in [1.807, 2.05) is 6.92 Å². The van der Waals surface area contributed by atoms with Crippen molar-refractivity contribution in [3.63, 3.8) is 0 Å². The van der Waals surface area contributed by atoms with E-state index in [1.54, 1.807) is 37.3 Å². The molecule has 7 heteroatoms. The van der Waals surface area contributed by atoms with E-state index >= 15 is 0 Å². The molecule has 0 aliphatic rings. The van der Waals surface area contributed by atoms with Gasteiger partial charge in [0.25, 0.3) is 11.6 Å². The zero-order valence-corrected chi connectivity index (χ0v) is 13.4. The van der Waals surface area contributed by atoms with Gasteiger partial charge >= 0.3 is 0 Å². The maximum Gasteiger partial charge on any atom is 0.292 e. The van der Waals surface area contributed by atoms with Crippen molar-refractivity contribution >= 4 is 17.3 Å². The highest BCUT2D eigenvalue weighted by molar-refractivity contribution is 5.96. The van der Waals surface area contributed by atoms with Crippen molar-refractivity contribution in [3.05, 3.63) is 58.6 Å². The maximum atomic E-state index is 12.2. The van der Waals surface area contributed by atoms with Crippen LogP contribution in [0.25, 0.3) is 0 Å². The lowest BCUT2D eigenvalue weighted by atomic mass is 10.2. The molecule has 126 valence electrons. The fourth-order valence-electron chi connectivity index (χ4n) is 2.01.